The van der Waals surface area contributed by atoms with Crippen LogP contribution in [0.25, 0.3) is 0 Å². The van der Waals surface area contributed by atoms with Gasteiger partial charge in [0.2, 0.25) is 0 Å². The molecule has 0 saturated carbocycles. The van der Waals surface area contributed by atoms with E-state index in [0.717, 1.165) is 12.8 Å². The summed E-state index contributed by atoms with van der Waals surface area (Å²) in [4.78, 5) is 11.3. The summed E-state index contributed by atoms with van der Waals surface area (Å²) in [5.41, 5.74) is 5.91. The first-order valence-electron chi connectivity index (χ1n) is 5.67. The lowest BCUT2D eigenvalue weighted by atomic mass is 10.1. The van der Waals surface area contributed by atoms with E-state index < -0.39 is 0 Å². The maximum absolute atomic E-state index is 11.3. The summed E-state index contributed by atoms with van der Waals surface area (Å²) in [5, 5.41) is 0. The molecular formula is C12H23NO. The number of carbonyl (C=O) groups excluding carboxylic acids is 1. The van der Waals surface area contributed by atoms with Crippen molar-refractivity contribution in [1.82, 2.24) is 0 Å². The van der Waals surface area contributed by atoms with E-state index in [4.69, 9.17) is 5.73 Å². The highest BCUT2D eigenvalue weighted by Crippen LogP contribution is 2.08. The molecule has 0 unspecified atom stereocenters. The lowest BCUT2D eigenvalue weighted by Gasteiger charge is -2.01. The minimum Gasteiger partial charge on any atom is -0.396 e. The van der Waals surface area contributed by atoms with Crippen LogP contribution in [0.15, 0.2) is 11.8 Å². The second-order valence-electron chi connectivity index (χ2n) is 3.68. The van der Waals surface area contributed by atoms with Crippen molar-refractivity contribution in [2.45, 2.75) is 58.8 Å². The van der Waals surface area contributed by atoms with Crippen LogP contribution in [0.2, 0.25) is 0 Å². The van der Waals surface area contributed by atoms with Crippen LogP contribution in [0, 0.1) is 0 Å². The number of unbranched alkanes of at least 4 members (excludes halogenated alkanes) is 5. The van der Waals surface area contributed by atoms with E-state index in [2.05, 4.69) is 6.92 Å². The average Bonchev–Trinajstić information content (AvgIpc) is 2.21. The number of nitrogens with two attached hydrogens (primary N) is 1. The molecule has 0 atom stereocenters. The second kappa shape index (κ2) is 8.79. The monoisotopic (exact) mass is 197 g/mol. The van der Waals surface area contributed by atoms with E-state index in [0.29, 0.717) is 12.1 Å². The number of hydrogen-bond donors (Lipinski definition) is 1. The quantitative estimate of drug-likeness (QED) is 0.480. The van der Waals surface area contributed by atoms with Crippen LogP contribution in [0.3, 0.4) is 0 Å². The van der Waals surface area contributed by atoms with Crippen LogP contribution < -0.4 is 5.73 Å². The van der Waals surface area contributed by atoms with E-state index in [9.17, 15) is 4.79 Å². The van der Waals surface area contributed by atoms with Crippen molar-refractivity contribution in [3.63, 3.8) is 0 Å². The molecule has 0 radical (unpaired) electrons. The number of Topliss-reactive ketones (excluding diaryl/α,β-unsaturated/α-hetero) is 1. The molecule has 0 aliphatic rings. The SMILES string of the molecule is C/C=C(\N)C(=O)CCCCCCCC. The van der Waals surface area contributed by atoms with Gasteiger partial charge in [0.15, 0.2) is 5.78 Å². The highest BCUT2D eigenvalue weighted by molar-refractivity contribution is 5.94. The fourth-order valence-corrected chi connectivity index (χ4v) is 1.37. The zero-order valence-corrected chi connectivity index (χ0v) is 9.51. The van der Waals surface area contributed by atoms with E-state index >= 15 is 0 Å². The van der Waals surface area contributed by atoms with Crippen LogP contribution in [-0.2, 0) is 4.79 Å². The number of ketones is 1. The molecular weight excluding hydrogens is 174 g/mol. The molecule has 0 spiro atoms. The standard InChI is InChI=1S/C12H23NO/c1-3-5-6-7-8-9-10-12(14)11(13)4-2/h4H,3,5-10,13H2,1-2H3/b11-4-. The summed E-state index contributed by atoms with van der Waals surface area (Å²) in [6.07, 6.45) is 9.55. The Balaban J connectivity index is 3.32. The molecule has 2 nitrogen and oxygen atoms in total. The number of allylic oxidation sites excluding steroid dienone is 2. The Morgan fingerprint density at radius 3 is 2.29 bits per heavy atom. The molecule has 82 valence electrons. The number of carbonyl (C=O) groups is 1. The predicted octanol–water partition coefficient (Wildman–Crippen LogP) is 3.17. The number of hydrogen-bond acceptors (Lipinski definition) is 2. The Kier molecular flexibility index (Phi) is 8.30. The van der Waals surface area contributed by atoms with Gasteiger partial charge in [-0.3, -0.25) is 4.79 Å². The minimum absolute atomic E-state index is 0.1000. The zero-order chi connectivity index (χ0) is 10.8. The van der Waals surface area contributed by atoms with Gasteiger partial charge < -0.3 is 5.73 Å². The van der Waals surface area contributed by atoms with Crippen LogP contribution in [0.5, 0.6) is 0 Å². The van der Waals surface area contributed by atoms with Crippen LogP contribution in [-0.4, -0.2) is 5.78 Å². The summed E-state index contributed by atoms with van der Waals surface area (Å²) >= 11 is 0. The summed E-state index contributed by atoms with van der Waals surface area (Å²) < 4.78 is 0. The molecule has 0 amide bonds. The molecule has 2 heteroatoms. The summed E-state index contributed by atoms with van der Waals surface area (Å²) in [7, 11) is 0. The molecule has 0 saturated heterocycles. The zero-order valence-electron chi connectivity index (χ0n) is 9.51. The summed E-state index contributed by atoms with van der Waals surface area (Å²) in [5.74, 6) is 0.1000. The first-order chi connectivity index (χ1) is 6.72. The van der Waals surface area contributed by atoms with Crippen molar-refractivity contribution in [2.75, 3.05) is 0 Å². The summed E-state index contributed by atoms with van der Waals surface area (Å²) in [6.45, 7) is 4.00. The van der Waals surface area contributed by atoms with Gasteiger partial charge in [-0.2, -0.15) is 0 Å². The molecule has 14 heavy (non-hydrogen) atoms. The van der Waals surface area contributed by atoms with Crippen molar-refractivity contribution >= 4 is 5.78 Å². The van der Waals surface area contributed by atoms with Gasteiger partial charge in [-0.15, -0.1) is 0 Å². The van der Waals surface area contributed by atoms with Crippen molar-refractivity contribution in [3.8, 4) is 0 Å². The van der Waals surface area contributed by atoms with Crippen LogP contribution >= 0.6 is 0 Å². The molecule has 0 bridgehead atoms. The Morgan fingerprint density at radius 2 is 1.71 bits per heavy atom. The first-order valence-corrected chi connectivity index (χ1v) is 5.67. The van der Waals surface area contributed by atoms with Gasteiger partial charge in [0.1, 0.15) is 0 Å². The molecule has 0 rings (SSSR count). The van der Waals surface area contributed by atoms with Gasteiger partial charge in [-0.1, -0.05) is 45.1 Å². The van der Waals surface area contributed by atoms with E-state index in [-0.39, 0.29) is 5.78 Å². The fraction of sp³-hybridized carbons (Fsp3) is 0.750. The molecule has 0 fully saturated rings. The molecule has 0 heterocycles. The van der Waals surface area contributed by atoms with Gasteiger partial charge in [-0.25, -0.2) is 0 Å². The summed E-state index contributed by atoms with van der Waals surface area (Å²) in [6, 6.07) is 0. The first kappa shape index (κ1) is 13.2. The lowest BCUT2D eigenvalue weighted by molar-refractivity contribution is -0.115. The number of rotatable bonds is 8. The molecule has 0 aromatic heterocycles. The Bertz CT molecular complexity index is 185. The largest absolute Gasteiger partial charge is 0.396 e. The van der Waals surface area contributed by atoms with Crippen LogP contribution in [0.4, 0.5) is 0 Å². The molecule has 0 aromatic rings. The fourth-order valence-electron chi connectivity index (χ4n) is 1.37. The lowest BCUT2D eigenvalue weighted by Crippen LogP contribution is -2.10. The van der Waals surface area contributed by atoms with Crippen molar-refractivity contribution in [1.29, 1.82) is 0 Å². The van der Waals surface area contributed by atoms with Crippen molar-refractivity contribution < 1.29 is 4.79 Å². The Hall–Kier alpha value is -0.790. The smallest absolute Gasteiger partial charge is 0.178 e. The minimum atomic E-state index is 0.1000. The molecule has 2 N–H and O–H groups in total. The molecule has 0 aliphatic heterocycles. The maximum Gasteiger partial charge on any atom is 0.178 e. The van der Waals surface area contributed by atoms with Gasteiger partial charge in [0.05, 0.1) is 5.70 Å². The third-order valence-electron chi connectivity index (χ3n) is 2.39. The van der Waals surface area contributed by atoms with Gasteiger partial charge >= 0.3 is 0 Å². The van der Waals surface area contributed by atoms with E-state index in [1.165, 1.54) is 25.7 Å². The van der Waals surface area contributed by atoms with E-state index in [1.807, 2.05) is 0 Å². The van der Waals surface area contributed by atoms with Gasteiger partial charge in [-0.05, 0) is 13.3 Å². The Labute approximate surface area is 87.6 Å². The average molecular weight is 197 g/mol. The molecule has 0 aliphatic carbocycles. The predicted molar refractivity (Wildman–Crippen MR) is 60.9 cm³/mol. The third-order valence-corrected chi connectivity index (χ3v) is 2.39. The van der Waals surface area contributed by atoms with Crippen LogP contribution in [0.1, 0.15) is 58.8 Å². The highest BCUT2D eigenvalue weighted by atomic mass is 16.1. The topological polar surface area (TPSA) is 43.1 Å². The normalized spacial score (nSPS) is 11.7. The highest BCUT2D eigenvalue weighted by Gasteiger charge is 2.02. The van der Waals surface area contributed by atoms with E-state index in [1.54, 1.807) is 13.0 Å². The van der Waals surface area contributed by atoms with Crippen molar-refractivity contribution in [3.05, 3.63) is 11.8 Å². The van der Waals surface area contributed by atoms with Gasteiger partial charge in [0, 0.05) is 6.42 Å². The Morgan fingerprint density at radius 1 is 1.14 bits per heavy atom. The maximum atomic E-state index is 11.3. The third kappa shape index (κ3) is 6.70. The molecule has 0 aromatic carbocycles. The van der Waals surface area contributed by atoms with Crippen molar-refractivity contribution in [2.24, 2.45) is 5.73 Å². The second-order valence-corrected chi connectivity index (χ2v) is 3.68. The van der Waals surface area contributed by atoms with Gasteiger partial charge in [0.25, 0.3) is 0 Å².